The van der Waals surface area contributed by atoms with Crippen molar-refractivity contribution in [2.75, 3.05) is 39.8 Å². The van der Waals surface area contributed by atoms with E-state index in [0.29, 0.717) is 31.6 Å². The number of aryl methyl sites for hydroxylation is 1. The van der Waals surface area contributed by atoms with Gasteiger partial charge in [0, 0.05) is 44.7 Å². The molecule has 2 aliphatic rings. The maximum absolute atomic E-state index is 13.1. The van der Waals surface area contributed by atoms with E-state index in [1.54, 1.807) is 4.31 Å². The van der Waals surface area contributed by atoms with E-state index in [0.717, 1.165) is 13.1 Å². The normalized spacial score (nSPS) is 25.6. The minimum Gasteiger partial charge on any atom is -0.299 e. The number of benzene rings is 2. The lowest BCUT2D eigenvalue weighted by Gasteiger charge is -2.46. The summed E-state index contributed by atoms with van der Waals surface area (Å²) in [6.45, 7) is 13.8. The first-order valence-electron chi connectivity index (χ1n) is 13.1. The Hall–Kier alpha value is -2.03. The van der Waals surface area contributed by atoms with Gasteiger partial charge in [-0.3, -0.25) is 15.1 Å². The van der Waals surface area contributed by atoms with Crippen LogP contribution in [0.1, 0.15) is 43.4 Å². The molecule has 0 radical (unpaired) electrons. The summed E-state index contributed by atoms with van der Waals surface area (Å²) >= 11 is 0. The lowest BCUT2D eigenvalue weighted by atomic mass is 9.83. The molecule has 7 heteroatoms. The summed E-state index contributed by atoms with van der Waals surface area (Å²) in [5, 5.41) is 2.73. The van der Waals surface area contributed by atoms with Crippen LogP contribution in [0.2, 0.25) is 0 Å². The van der Waals surface area contributed by atoms with Crippen LogP contribution in [0.25, 0.3) is 11.1 Å². The molecule has 0 saturated carbocycles. The van der Waals surface area contributed by atoms with E-state index in [1.807, 2.05) is 31.9 Å². The Balaban J connectivity index is 1.30. The number of nitrogens with zero attached hydrogens (tertiary/aromatic N) is 3. The second kappa shape index (κ2) is 11.2. The molecule has 0 spiro atoms. The van der Waals surface area contributed by atoms with Gasteiger partial charge in [-0.15, -0.1) is 0 Å². The molecule has 2 aliphatic heterocycles. The van der Waals surface area contributed by atoms with Gasteiger partial charge in [-0.05, 0) is 62.6 Å². The van der Waals surface area contributed by atoms with Crippen molar-refractivity contribution in [3.63, 3.8) is 0 Å². The van der Waals surface area contributed by atoms with Crippen molar-refractivity contribution in [1.82, 2.24) is 19.4 Å². The fraction of sp³-hybridized carbons (Fsp3) is 0.517. The highest BCUT2D eigenvalue weighted by molar-refractivity contribution is 7.89. The summed E-state index contributed by atoms with van der Waals surface area (Å²) in [6, 6.07) is 16.0. The molecular weight excluding hydrogens is 468 g/mol. The third-order valence-corrected chi connectivity index (χ3v) is 10.7. The van der Waals surface area contributed by atoms with Crippen LogP contribution in [0.3, 0.4) is 0 Å². The minimum absolute atomic E-state index is 0.0720. The van der Waals surface area contributed by atoms with Crippen molar-refractivity contribution in [1.29, 1.82) is 0 Å². The SMILES string of the molecule is CCN(C/C=C\CN1CC(c2ccc(-c3cccc(C)c3C)cc2)C1C)S(=O)(=O)C1CNC(C)N1C. The summed E-state index contributed by atoms with van der Waals surface area (Å²) < 4.78 is 27.8. The summed E-state index contributed by atoms with van der Waals surface area (Å²) in [5.74, 6) is 0.533. The van der Waals surface area contributed by atoms with Gasteiger partial charge in [-0.25, -0.2) is 8.42 Å². The van der Waals surface area contributed by atoms with E-state index in [2.05, 4.69) is 79.5 Å². The lowest BCUT2D eigenvalue weighted by molar-refractivity contribution is 0.0871. The van der Waals surface area contributed by atoms with Crippen molar-refractivity contribution >= 4 is 10.0 Å². The van der Waals surface area contributed by atoms with Crippen LogP contribution in [0.4, 0.5) is 0 Å². The quantitative estimate of drug-likeness (QED) is 0.513. The first kappa shape index (κ1) is 27.0. The molecule has 2 fully saturated rings. The van der Waals surface area contributed by atoms with Crippen LogP contribution < -0.4 is 5.32 Å². The predicted octanol–water partition coefficient (Wildman–Crippen LogP) is 4.17. The number of hydrogen-bond donors (Lipinski definition) is 1. The van der Waals surface area contributed by atoms with Crippen molar-refractivity contribution in [2.24, 2.45) is 0 Å². The van der Waals surface area contributed by atoms with Gasteiger partial charge in [0.1, 0.15) is 5.37 Å². The zero-order valence-electron chi connectivity index (χ0n) is 22.6. The maximum Gasteiger partial charge on any atom is 0.231 e. The average Bonchev–Trinajstić information content (AvgIpc) is 3.20. The topological polar surface area (TPSA) is 55.9 Å². The number of hydrogen-bond acceptors (Lipinski definition) is 5. The molecule has 1 N–H and O–H groups in total. The number of rotatable bonds is 9. The first-order chi connectivity index (χ1) is 17.1. The smallest absolute Gasteiger partial charge is 0.231 e. The van der Waals surface area contributed by atoms with E-state index in [4.69, 9.17) is 0 Å². The zero-order chi connectivity index (χ0) is 26.0. The molecule has 2 aromatic rings. The van der Waals surface area contributed by atoms with E-state index < -0.39 is 15.4 Å². The lowest BCUT2D eigenvalue weighted by Crippen LogP contribution is -2.52. The Labute approximate surface area is 218 Å². The second-order valence-corrected chi connectivity index (χ2v) is 12.4. The van der Waals surface area contributed by atoms with Crippen molar-refractivity contribution in [3.05, 3.63) is 71.3 Å². The highest BCUT2D eigenvalue weighted by Gasteiger charge is 2.40. The van der Waals surface area contributed by atoms with Gasteiger partial charge in [0.05, 0.1) is 6.17 Å². The van der Waals surface area contributed by atoms with Crippen molar-refractivity contribution < 1.29 is 8.42 Å². The van der Waals surface area contributed by atoms with Crippen LogP contribution in [-0.4, -0.2) is 79.9 Å². The van der Waals surface area contributed by atoms with Crippen LogP contribution in [0, 0.1) is 13.8 Å². The Kier molecular flexibility index (Phi) is 8.37. The number of likely N-dealkylation sites (N-methyl/N-ethyl adjacent to an activating group) is 2. The highest BCUT2D eigenvalue weighted by Crippen LogP contribution is 2.35. The van der Waals surface area contributed by atoms with Gasteiger partial charge in [0.15, 0.2) is 0 Å². The van der Waals surface area contributed by atoms with E-state index in [-0.39, 0.29) is 6.17 Å². The van der Waals surface area contributed by atoms with Gasteiger partial charge >= 0.3 is 0 Å². The Bertz CT molecular complexity index is 1180. The fourth-order valence-electron chi connectivity index (χ4n) is 5.40. The number of likely N-dealkylation sites (tertiary alicyclic amines) is 1. The molecule has 4 unspecified atom stereocenters. The molecule has 0 amide bonds. The number of sulfonamides is 1. The van der Waals surface area contributed by atoms with Gasteiger partial charge in [-0.2, -0.15) is 4.31 Å². The Morgan fingerprint density at radius 3 is 2.42 bits per heavy atom. The molecule has 0 bridgehead atoms. The molecule has 0 aliphatic carbocycles. The molecule has 2 saturated heterocycles. The van der Waals surface area contributed by atoms with E-state index in [1.165, 1.54) is 27.8 Å². The Morgan fingerprint density at radius 1 is 1.08 bits per heavy atom. The van der Waals surface area contributed by atoms with Crippen LogP contribution in [-0.2, 0) is 10.0 Å². The summed E-state index contributed by atoms with van der Waals surface area (Å²) in [5.41, 5.74) is 6.64. The van der Waals surface area contributed by atoms with Gasteiger partial charge in [-0.1, -0.05) is 61.5 Å². The third-order valence-electron chi connectivity index (χ3n) is 8.37. The van der Waals surface area contributed by atoms with Gasteiger partial charge < -0.3 is 0 Å². The van der Waals surface area contributed by atoms with E-state index in [9.17, 15) is 8.42 Å². The maximum atomic E-state index is 13.1. The Morgan fingerprint density at radius 2 is 1.81 bits per heavy atom. The van der Waals surface area contributed by atoms with Crippen LogP contribution in [0.15, 0.2) is 54.6 Å². The molecular formula is C29H42N4O2S. The van der Waals surface area contributed by atoms with E-state index >= 15 is 0 Å². The molecule has 2 aromatic carbocycles. The average molecular weight is 511 g/mol. The molecule has 2 heterocycles. The third kappa shape index (κ3) is 5.31. The minimum atomic E-state index is -3.38. The summed E-state index contributed by atoms with van der Waals surface area (Å²) in [6.07, 6.45) is 4.20. The summed E-state index contributed by atoms with van der Waals surface area (Å²) in [4.78, 5) is 4.35. The molecule has 4 atom stereocenters. The highest BCUT2D eigenvalue weighted by atomic mass is 32.2. The largest absolute Gasteiger partial charge is 0.299 e. The molecule has 196 valence electrons. The monoisotopic (exact) mass is 510 g/mol. The fourth-order valence-corrected chi connectivity index (χ4v) is 7.31. The van der Waals surface area contributed by atoms with Crippen LogP contribution >= 0.6 is 0 Å². The molecule has 36 heavy (non-hydrogen) atoms. The molecule has 6 nitrogen and oxygen atoms in total. The van der Waals surface area contributed by atoms with Crippen molar-refractivity contribution in [3.8, 4) is 11.1 Å². The first-order valence-corrected chi connectivity index (χ1v) is 14.6. The van der Waals surface area contributed by atoms with Crippen molar-refractivity contribution in [2.45, 2.75) is 58.1 Å². The van der Waals surface area contributed by atoms with Gasteiger partial charge in [0.25, 0.3) is 0 Å². The predicted molar refractivity (Wildman–Crippen MR) is 149 cm³/mol. The zero-order valence-corrected chi connectivity index (χ0v) is 23.4. The molecule has 4 rings (SSSR count). The van der Waals surface area contributed by atoms with Gasteiger partial charge in [0.2, 0.25) is 10.0 Å². The number of nitrogens with one attached hydrogen (secondary N) is 1. The second-order valence-electron chi connectivity index (χ2n) is 10.3. The van der Waals surface area contributed by atoms with Crippen LogP contribution in [0.5, 0.6) is 0 Å². The standard InChI is InChI=1S/C29H42N4O2S/c1-7-33(36(34,35)29-19-30-24(5)31(29)6)18-9-8-17-32-20-28(23(32)4)26-15-13-25(14-16-26)27-12-10-11-21(2)22(27)3/h8-16,23-24,28-30H,7,17-20H2,1-6H3/b9-8-. The summed E-state index contributed by atoms with van der Waals surface area (Å²) in [7, 11) is -1.51. The molecule has 0 aromatic heterocycles.